The van der Waals surface area contributed by atoms with Crippen molar-refractivity contribution in [3.63, 3.8) is 0 Å². The summed E-state index contributed by atoms with van der Waals surface area (Å²) >= 11 is 18.1. The molecular weight excluding hydrogens is 438 g/mol. The summed E-state index contributed by atoms with van der Waals surface area (Å²) < 4.78 is 25.2. The Balaban J connectivity index is 1.55. The number of benzene rings is 3. The molecule has 0 saturated heterocycles. The normalized spacial score (nSPS) is 14.1. The molecule has 0 unspecified atom stereocenters. The lowest BCUT2D eigenvalue weighted by atomic mass is 10.1. The monoisotopic (exact) mass is 448 g/mol. The summed E-state index contributed by atoms with van der Waals surface area (Å²) in [5.41, 5.74) is 1.26. The number of hydrogen-bond acceptors (Lipinski definition) is 3. The predicted molar refractivity (Wildman–Crippen MR) is 112 cm³/mol. The van der Waals surface area contributed by atoms with Crippen molar-refractivity contribution in [2.75, 3.05) is 0 Å². The maximum atomic E-state index is 13.9. The number of hydrogen-bond donors (Lipinski definition) is 0. The van der Waals surface area contributed by atoms with Gasteiger partial charge in [0.05, 0.1) is 10.6 Å². The topological polar surface area (TPSA) is 35.5 Å². The quantitative estimate of drug-likeness (QED) is 0.403. The zero-order valence-electron chi connectivity index (χ0n) is 14.7. The maximum absolute atomic E-state index is 13.9. The molecule has 0 spiro atoms. The summed E-state index contributed by atoms with van der Waals surface area (Å²) in [5.74, 6) is 0.188. The second-order valence-corrected chi connectivity index (χ2v) is 7.50. The molecule has 3 nitrogen and oxygen atoms in total. The molecule has 3 aromatic rings. The summed E-state index contributed by atoms with van der Waals surface area (Å²) in [7, 11) is 0. The van der Waals surface area contributed by atoms with Crippen LogP contribution in [0.15, 0.2) is 60.4 Å². The minimum atomic E-state index is -0.449. The predicted octanol–water partition coefficient (Wildman–Crippen LogP) is 6.98. The fourth-order valence-electron chi connectivity index (χ4n) is 2.84. The maximum Gasteiger partial charge on any atom is 0.231 e. The number of ketones is 1. The van der Waals surface area contributed by atoms with E-state index in [2.05, 4.69) is 0 Å². The van der Waals surface area contributed by atoms with Gasteiger partial charge < -0.3 is 9.47 Å². The highest BCUT2D eigenvalue weighted by Gasteiger charge is 2.28. The minimum absolute atomic E-state index is 0.0542. The Morgan fingerprint density at radius 3 is 2.59 bits per heavy atom. The standard InChI is InChI=1S/C22H12Cl3FO3/c23-13-5-4-12(18(25)9-13)8-21-22(27)15-7-6-14(10-20(15)29-21)28-11-16-17(24)2-1-3-19(16)26/h1-10H,11H2/b21-8-. The molecule has 0 saturated carbocycles. The van der Waals surface area contributed by atoms with Crippen LogP contribution in [0.5, 0.6) is 11.5 Å². The van der Waals surface area contributed by atoms with E-state index < -0.39 is 5.82 Å². The zero-order chi connectivity index (χ0) is 20.5. The van der Waals surface area contributed by atoms with Crippen LogP contribution >= 0.6 is 34.8 Å². The van der Waals surface area contributed by atoms with Crippen molar-refractivity contribution in [2.45, 2.75) is 6.61 Å². The summed E-state index contributed by atoms with van der Waals surface area (Å²) in [6.45, 7) is -0.0542. The first-order valence-corrected chi connectivity index (χ1v) is 9.65. The molecule has 0 atom stereocenters. The molecule has 29 heavy (non-hydrogen) atoms. The van der Waals surface area contributed by atoms with Crippen LogP contribution < -0.4 is 9.47 Å². The van der Waals surface area contributed by atoms with Gasteiger partial charge in [-0.2, -0.15) is 0 Å². The lowest BCUT2D eigenvalue weighted by molar-refractivity contribution is 0.101. The first kappa shape index (κ1) is 19.8. The van der Waals surface area contributed by atoms with Gasteiger partial charge in [0.15, 0.2) is 5.76 Å². The average molecular weight is 450 g/mol. The van der Waals surface area contributed by atoms with Gasteiger partial charge in [-0.3, -0.25) is 4.79 Å². The first-order valence-electron chi connectivity index (χ1n) is 8.51. The van der Waals surface area contributed by atoms with E-state index in [4.69, 9.17) is 44.3 Å². The fraction of sp³-hybridized carbons (Fsp3) is 0.0455. The van der Waals surface area contributed by atoms with Crippen LogP contribution in [0.25, 0.3) is 6.08 Å². The Bertz CT molecular complexity index is 1140. The number of fused-ring (bicyclic) bond motifs is 1. The lowest BCUT2D eigenvalue weighted by Crippen LogP contribution is -1.99. The van der Waals surface area contributed by atoms with Crippen LogP contribution in [0.1, 0.15) is 21.5 Å². The Hall–Kier alpha value is -2.53. The molecular formula is C22H12Cl3FO3. The van der Waals surface area contributed by atoms with Gasteiger partial charge in [0.25, 0.3) is 0 Å². The van der Waals surface area contributed by atoms with Gasteiger partial charge >= 0.3 is 0 Å². The summed E-state index contributed by atoms with van der Waals surface area (Å²) in [5, 5.41) is 1.18. The number of carbonyl (C=O) groups excluding carboxylic acids is 1. The van der Waals surface area contributed by atoms with Crippen LogP contribution in [0, 0.1) is 5.82 Å². The van der Waals surface area contributed by atoms with Gasteiger partial charge in [-0.15, -0.1) is 0 Å². The van der Waals surface area contributed by atoms with Gasteiger partial charge in [0, 0.05) is 21.7 Å². The molecule has 0 amide bonds. The van der Waals surface area contributed by atoms with Crippen molar-refractivity contribution in [2.24, 2.45) is 0 Å². The molecule has 1 aliphatic rings. The van der Waals surface area contributed by atoms with Crippen LogP contribution in [0.4, 0.5) is 4.39 Å². The number of ether oxygens (including phenoxy) is 2. The zero-order valence-corrected chi connectivity index (χ0v) is 17.0. The van der Waals surface area contributed by atoms with E-state index in [0.29, 0.717) is 32.7 Å². The van der Waals surface area contributed by atoms with Crippen LogP contribution in [-0.4, -0.2) is 5.78 Å². The molecule has 7 heteroatoms. The fourth-order valence-corrected chi connectivity index (χ4v) is 3.52. The molecule has 1 heterocycles. The molecule has 0 N–H and O–H groups in total. The number of allylic oxidation sites excluding steroid dienone is 1. The summed E-state index contributed by atoms with van der Waals surface area (Å²) in [6.07, 6.45) is 1.56. The molecule has 1 aliphatic heterocycles. The SMILES string of the molecule is O=C1/C(=C/c2ccc(Cl)cc2Cl)Oc2cc(OCc3c(F)cccc3Cl)ccc21. The van der Waals surface area contributed by atoms with E-state index in [0.717, 1.165) is 0 Å². The Morgan fingerprint density at radius 1 is 1.00 bits per heavy atom. The Kier molecular flexibility index (Phi) is 5.50. The Morgan fingerprint density at radius 2 is 1.83 bits per heavy atom. The molecule has 0 aliphatic carbocycles. The van der Waals surface area contributed by atoms with E-state index in [1.807, 2.05) is 0 Å². The summed E-state index contributed by atoms with van der Waals surface area (Å²) in [6, 6.07) is 14.2. The van der Waals surface area contributed by atoms with Gasteiger partial charge in [-0.05, 0) is 48.0 Å². The minimum Gasteiger partial charge on any atom is -0.489 e. The molecule has 0 radical (unpaired) electrons. The second kappa shape index (κ2) is 8.07. The third-order valence-corrected chi connectivity index (χ3v) is 5.25. The highest BCUT2D eigenvalue weighted by atomic mass is 35.5. The highest BCUT2D eigenvalue weighted by Crippen LogP contribution is 2.36. The molecule has 146 valence electrons. The number of halogens is 4. The molecule has 3 aromatic carbocycles. The molecule has 4 rings (SSSR count). The smallest absolute Gasteiger partial charge is 0.231 e. The summed E-state index contributed by atoms with van der Waals surface area (Å²) in [4.78, 5) is 12.6. The van der Waals surface area contributed by atoms with Crippen LogP contribution in [-0.2, 0) is 6.61 Å². The number of Topliss-reactive ketones (excluding diaryl/α,β-unsaturated/α-hetero) is 1. The molecule has 0 bridgehead atoms. The van der Waals surface area contributed by atoms with Crippen LogP contribution in [0.3, 0.4) is 0 Å². The number of rotatable bonds is 4. The van der Waals surface area contributed by atoms with Gasteiger partial charge in [0.2, 0.25) is 5.78 Å². The molecule has 0 aromatic heterocycles. The van der Waals surface area contributed by atoms with E-state index in [9.17, 15) is 9.18 Å². The van der Waals surface area contributed by atoms with E-state index >= 15 is 0 Å². The van der Waals surface area contributed by atoms with Gasteiger partial charge in [0.1, 0.15) is 23.9 Å². The Labute approximate surface area is 181 Å². The van der Waals surface area contributed by atoms with E-state index in [1.54, 1.807) is 48.5 Å². The average Bonchev–Trinajstić information content (AvgIpc) is 2.99. The highest BCUT2D eigenvalue weighted by molar-refractivity contribution is 6.35. The number of carbonyl (C=O) groups is 1. The molecule has 0 fully saturated rings. The lowest BCUT2D eigenvalue weighted by Gasteiger charge is -2.09. The van der Waals surface area contributed by atoms with Crippen molar-refractivity contribution in [3.8, 4) is 11.5 Å². The van der Waals surface area contributed by atoms with Gasteiger partial charge in [-0.1, -0.05) is 46.9 Å². The second-order valence-electron chi connectivity index (χ2n) is 6.25. The third kappa shape index (κ3) is 4.10. The van der Waals surface area contributed by atoms with Gasteiger partial charge in [-0.25, -0.2) is 4.39 Å². The largest absolute Gasteiger partial charge is 0.489 e. The van der Waals surface area contributed by atoms with Crippen molar-refractivity contribution >= 4 is 46.7 Å². The van der Waals surface area contributed by atoms with Crippen molar-refractivity contribution < 1.29 is 18.7 Å². The van der Waals surface area contributed by atoms with Crippen LogP contribution in [0.2, 0.25) is 15.1 Å². The van der Waals surface area contributed by atoms with Crippen molar-refractivity contribution in [1.82, 2.24) is 0 Å². The first-order chi connectivity index (χ1) is 13.9. The van der Waals surface area contributed by atoms with E-state index in [-0.39, 0.29) is 28.7 Å². The van der Waals surface area contributed by atoms with Crippen molar-refractivity contribution in [1.29, 1.82) is 0 Å². The van der Waals surface area contributed by atoms with Crippen molar-refractivity contribution in [3.05, 3.63) is 97.9 Å². The van der Waals surface area contributed by atoms with E-state index in [1.165, 1.54) is 12.1 Å². The third-order valence-electron chi connectivity index (χ3n) is 4.34.